The highest BCUT2D eigenvalue weighted by Gasteiger charge is 2.19. The Labute approximate surface area is 114 Å². The molecule has 1 heterocycles. The third-order valence-electron chi connectivity index (χ3n) is 3.40. The molecule has 2 unspecified atom stereocenters. The van der Waals surface area contributed by atoms with Gasteiger partial charge < -0.3 is 14.8 Å². The minimum atomic E-state index is -0.224. The van der Waals surface area contributed by atoms with E-state index in [1.54, 1.807) is 6.07 Å². The monoisotopic (exact) mass is 267 g/mol. The van der Waals surface area contributed by atoms with E-state index in [0.29, 0.717) is 17.9 Å². The fourth-order valence-corrected chi connectivity index (χ4v) is 2.43. The van der Waals surface area contributed by atoms with Crippen LogP contribution < -0.4 is 10.1 Å². The second-order valence-electron chi connectivity index (χ2n) is 4.88. The summed E-state index contributed by atoms with van der Waals surface area (Å²) in [5.74, 6) is 0.391. The molecule has 0 aromatic heterocycles. The van der Waals surface area contributed by atoms with Crippen LogP contribution in [-0.4, -0.2) is 25.9 Å². The van der Waals surface area contributed by atoms with E-state index in [0.717, 1.165) is 26.0 Å². The molecule has 1 aromatic rings. The lowest BCUT2D eigenvalue weighted by Crippen LogP contribution is -2.21. The van der Waals surface area contributed by atoms with Crippen molar-refractivity contribution in [2.75, 3.05) is 19.8 Å². The first-order valence-electron chi connectivity index (χ1n) is 6.98. The van der Waals surface area contributed by atoms with Gasteiger partial charge in [0.25, 0.3) is 0 Å². The molecule has 3 nitrogen and oxygen atoms in total. The van der Waals surface area contributed by atoms with Crippen molar-refractivity contribution >= 4 is 0 Å². The van der Waals surface area contributed by atoms with E-state index in [1.165, 1.54) is 6.07 Å². The zero-order valence-electron chi connectivity index (χ0n) is 11.6. The minimum absolute atomic E-state index is 0.0642. The summed E-state index contributed by atoms with van der Waals surface area (Å²) in [6.45, 7) is 6.04. The number of hydrogen-bond donors (Lipinski definition) is 1. The van der Waals surface area contributed by atoms with Crippen LogP contribution in [0.1, 0.15) is 38.3 Å². The number of ether oxygens (including phenoxy) is 2. The van der Waals surface area contributed by atoms with E-state index in [-0.39, 0.29) is 18.0 Å². The Morgan fingerprint density at radius 2 is 2.37 bits per heavy atom. The van der Waals surface area contributed by atoms with E-state index in [2.05, 4.69) is 5.32 Å². The van der Waals surface area contributed by atoms with E-state index in [4.69, 9.17) is 9.47 Å². The van der Waals surface area contributed by atoms with Crippen molar-refractivity contribution in [1.29, 1.82) is 0 Å². The van der Waals surface area contributed by atoms with E-state index in [9.17, 15) is 4.39 Å². The molecule has 0 radical (unpaired) electrons. The van der Waals surface area contributed by atoms with E-state index < -0.39 is 0 Å². The van der Waals surface area contributed by atoms with Crippen molar-refractivity contribution in [3.63, 3.8) is 0 Å². The lowest BCUT2D eigenvalue weighted by atomic mass is 10.1. The zero-order chi connectivity index (χ0) is 13.7. The summed E-state index contributed by atoms with van der Waals surface area (Å²) in [5.41, 5.74) is 0.599. The highest BCUT2D eigenvalue weighted by atomic mass is 19.1. The van der Waals surface area contributed by atoms with Crippen molar-refractivity contribution in [1.82, 2.24) is 5.32 Å². The van der Waals surface area contributed by atoms with Gasteiger partial charge in [-0.1, -0.05) is 13.0 Å². The van der Waals surface area contributed by atoms with Crippen LogP contribution in [0, 0.1) is 5.82 Å². The van der Waals surface area contributed by atoms with Crippen LogP contribution in [0.15, 0.2) is 18.2 Å². The van der Waals surface area contributed by atoms with Crippen molar-refractivity contribution in [3.05, 3.63) is 29.6 Å². The maximum atomic E-state index is 14.0. The lowest BCUT2D eigenvalue weighted by Gasteiger charge is -2.19. The molecule has 2 atom stereocenters. The Bertz CT molecular complexity index is 405. The van der Waals surface area contributed by atoms with Crippen LogP contribution in [0.25, 0.3) is 0 Å². The van der Waals surface area contributed by atoms with Gasteiger partial charge in [-0.2, -0.15) is 0 Å². The molecule has 1 N–H and O–H groups in total. The number of nitrogens with one attached hydrogen (secondary N) is 1. The molecule has 0 amide bonds. The SMILES string of the molecule is CCNC(C)c1c(F)cccc1OCC1CCCO1. The number of benzene rings is 1. The number of halogens is 1. The summed E-state index contributed by atoms with van der Waals surface area (Å²) < 4.78 is 25.3. The summed E-state index contributed by atoms with van der Waals surface area (Å²) in [7, 11) is 0. The summed E-state index contributed by atoms with van der Waals surface area (Å²) in [6, 6.07) is 4.91. The summed E-state index contributed by atoms with van der Waals surface area (Å²) in [4.78, 5) is 0. The van der Waals surface area contributed by atoms with Gasteiger partial charge in [-0.05, 0) is 38.4 Å². The Kier molecular flexibility index (Phi) is 5.16. The van der Waals surface area contributed by atoms with Crippen molar-refractivity contribution in [3.8, 4) is 5.75 Å². The van der Waals surface area contributed by atoms with Gasteiger partial charge in [-0.25, -0.2) is 4.39 Å². The maximum Gasteiger partial charge on any atom is 0.131 e. The van der Waals surface area contributed by atoms with E-state index in [1.807, 2.05) is 19.9 Å². The minimum Gasteiger partial charge on any atom is -0.490 e. The highest BCUT2D eigenvalue weighted by Crippen LogP contribution is 2.28. The topological polar surface area (TPSA) is 30.5 Å². The lowest BCUT2D eigenvalue weighted by molar-refractivity contribution is 0.0673. The third kappa shape index (κ3) is 3.67. The van der Waals surface area contributed by atoms with Crippen LogP contribution in [0.2, 0.25) is 0 Å². The molecule has 1 aliphatic rings. The molecule has 0 aliphatic carbocycles. The first-order valence-corrected chi connectivity index (χ1v) is 6.98. The first-order chi connectivity index (χ1) is 9.22. The van der Waals surface area contributed by atoms with Crippen LogP contribution in [0.3, 0.4) is 0 Å². The van der Waals surface area contributed by atoms with Crippen molar-refractivity contribution < 1.29 is 13.9 Å². The standard InChI is InChI=1S/C15H22FNO2/c1-3-17-11(2)15-13(16)7-4-8-14(15)19-10-12-6-5-9-18-12/h4,7-8,11-12,17H,3,5-6,9-10H2,1-2H3. The fourth-order valence-electron chi connectivity index (χ4n) is 2.43. The summed E-state index contributed by atoms with van der Waals surface area (Å²) >= 11 is 0. The third-order valence-corrected chi connectivity index (χ3v) is 3.40. The molecule has 0 spiro atoms. The van der Waals surface area contributed by atoms with E-state index >= 15 is 0 Å². The van der Waals surface area contributed by atoms with Gasteiger partial charge in [0.15, 0.2) is 0 Å². The van der Waals surface area contributed by atoms with Gasteiger partial charge >= 0.3 is 0 Å². The quantitative estimate of drug-likeness (QED) is 0.859. The molecular formula is C15H22FNO2. The van der Waals surface area contributed by atoms with Crippen LogP contribution in [0.5, 0.6) is 5.75 Å². The Hall–Kier alpha value is -1.13. The molecule has 1 saturated heterocycles. The van der Waals surface area contributed by atoms with Crippen LogP contribution in [-0.2, 0) is 4.74 Å². The van der Waals surface area contributed by atoms with Crippen molar-refractivity contribution in [2.24, 2.45) is 0 Å². The normalized spacial score (nSPS) is 20.5. The number of rotatable bonds is 6. The van der Waals surface area contributed by atoms with Crippen LogP contribution in [0.4, 0.5) is 4.39 Å². The Morgan fingerprint density at radius 1 is 1.53 bits per heavy atom. The molecule has 2 rings (SSSR count). The molecule has 106 valence electrons. The molecule has 4 heteroatoms. The smallest absolute Gasteiger partial charge is 0.131 e. The highest BCUT2D eigenvalue weighted by molar-refractivity contribution is 5.37. The predicted molar refractivity (Wildman–Crippen MR) is 73.0 cm³/mol. The van der Waals surface area contributed by atoms with Crippen molar-refractivity contribution in [2.45, 2.75) is 38.8 Å². The Morgan fingerprint density at radius 3 is 3.05 bits per heavy atom. The summed E-state index contributed by atoms with van der Waals surface area (Å²) in [6.07, 6.45) is 2.25. The molecule has 0 saturated carbocycles. The second-order valence-corrected chi connectivity index (χ2v) is 4.88. The number of hydrogen-bond acceptors (Lipinski definition) is 3. The molecule has 19 heavy (non-hydrogen) atoms. The van der Waals surface area contributed by atoms with Gasteiger partial charge in [0.05, 0.1) is 6.10 Å². The summed E-state index contributed by atoms with van der Waals surface area (Å²) in [5, 5.41) is 3.22. The first kappa shape index (κ1) is 14.3. The zero-order valence-corrected chi connectivity index (χ0v) is 11.6. The van der Waals surface area contributed by atoms with Gasteiger partial charge in [-0.15, -0.1) is 0 Å². The molecule has 0 bridgehead atoms. The molecular weight excluding hydrogens is 245 g/mol. The fraction of sp³-hybridized carbons (Fsp3) is 0.600. The molecule has 1 aromatic carbocycles. The maximum absolute atomic E-state index is 14.0. The van der Waals surface area contributed by atoms with Crippen LogP contribution >= 0.6 is 0 Å². The van der Waals surface area contributed by atoms with Gasteiger partial charge in [0.2, 0.25) is 0 Å². The largest absolute Gasteiger partial charge is 0.490 e. The van der Waals surface area contributed by atoms with Gasteiger partial charge in [0, 0.05) is 18.2 Å². The van der Waals surface area contributed by atoms with Gasteiger partial charge in [-0.3, -0.25) is 0 Å². The average Bonchev–Trinajstić information content (AvgIpc) is 2.89. The average molecular weight is 267 g/mol. The molecule has 1 aliphatic heterocycles. The second kappa shape index (κ2) is 6.87. The Balaban J connectivity index is 2.07. The van der Waals surface area contributed by atoms with Gasteiger partial charge in [0.1, 0.15) is 18.2 Å². The predicted octanol–water partition coefficient (Wildman–Crippen LogP) is 3.05. The molecule has 1 fully saturated rings.